The van der Waals surface area contributed by atoms with E-state index in [1.165, 1.54) is 0 Å². The number of nitrogens with one attached hydrogen (secondary N) is 1. The first-order valence-corrected chi connectivity index (χ1v) is 5.31. The lowest BCUT2D eigenvalue weighted by Gasteiger charge is -2.13. The Hall–Kier alpha value is -1.34. The van der Waals surface area contributed by atoms with Crippen LogP contribution >= 0.6 is 11.3 Å². The quantitative estimate of drug-likeness (QED) is 0.826. The molecule has 1 aromatic heterocycles. The summed E-state index contributed by atoms with van der Waals surface area (Å²) in [5.74, 6) is -0.803. The van der Waals surface area contributed by atoms with Gasteiger partial charge in [0.15, 0.2) is 0 Å². The predicted octanol–water partition coefficient (Wildman–Crippen LogP) is 2.08. The molecule has 4 heteroatoms. The van der Waals surface area contributed by atoms with Crippen LogP contribution in [-0.4, -0.2) is 5.91 Å². The highest BCUT2D eigenvalue weighted by Gasteiger charge is 2.15. The van der Waals surface area contributed by atoms with Crippen LogP contribution < -0.4 is 5.32 Å². The second-order valence-corrected chi connectivity index (χ2v) is 3.92. The Bertz CT molecular complexity index is 340. The van der Waals surface area contributed by atoms with Crippen molar-refractivity contribution in [2.75, 3.05) is 0 Å². The maximum atomic E-state index is 11.3. The molecule has 14 heavy (non-hydrogen) atoms. The van der Waals surface area contributed by atoms with Gasteiger partial charge >= 0.3 is 0 Å². The summed E-state index contributed by atoms with van der Waals surface area (Å²) in [6.07, 6.45) is 0. The molecule has 0 saturated carbocycles. The molecule has 2 unspecified atom stereocenters. The summed E-state index contributed by atoms with van der Waals surface area (Å²) in [6, 6.07) is 3.85. The normalized spacial score (nSPS) is 14.1. The molecule has 1 aromatic rings. The average molecular weight is 208 g/mol. The minimum atomic E-state index is -0.587. The zero-order valence-corrected chi connectivity index (χ0v) is 8.97. The fourth-order valence-corrected chi connectivity index (χ4v) is 1.76. The van der Waals surface area contributed by atoms with Gasteiger partial charge in [-0.2, -0.15) is 16.6 Å². The Morgan fingerprint density at radius 3 is 2.86 bits per heavy atom. The standard InChI is InChI=1S/C10H12N2OS/c1-7(5-11)10(13)12-8(2)9-3-4-14-6-9/h3-4,6-8H,1-2H3,(H,12,13). The van der Waals surface area contributed by atoms with Crippen molar-refractivity contribution in [1.29, 1.82) is 5.26 Å². The molecule has 0 spiro atoms. The molecule has 2 atom stereocenters. The average Bonchev–Trinajstić information content (AvgIpc) is 2.69. The molecular formula is C10H12N2OS. The van der Waals surface area contributed by atoms with Crippen molar-refractivity contribution >= 4 is 17.2 Å². The number of nitrogens with zero attached hydrogens (tertiary/aromatic N) is 1. The van der Waals surface area contributed by atoms with Crippen LogP contribution in [0.3, 0.4) is 0 Å². The maximum absolute atomic E-state index is 11.3. The zero-order valence-electron chi connectivity index (χ0n) is 8.15. The number of amides is 1. The van der Waals surface area contributed by atoms with Crippen LogP contribution in [0.1, 0.15) is 25.5 Å². The van der Waals surface area contributed by atoms with E-state index < -0.39 is 5.92 Å². The minimum absolute atomic E-state index is 0.0236. The van der Waals surface area contributed by atoms with E-state index in [-0.39, 0.29) is 11.9 Å². The third kappa shape index (κ3) is 2.57. The largest absolute Gasteiger partial charge is 0.348 e. The van der Waals surface area contributed by atoms with Crippen molar-refractivity contribution < 1.29 is 4.79 Å². The van der Waals surface area contributed by atoms with Gasteiger partial charge in [0.1, 0.15) is 5.92 Å². The third-order valence-corrected chi connectivity index (χ3v) is 2.69. The molecule has 1 rings (SSSR count). The van der Waals surface area contributed by atoms with Crippen molar-refractivity contribution in [1.82, 2.24) is 5.32 Å². The van der Waals surface area contributed by atoms with Gasteiger partial charge in [-0.3, -0.25) is 4.79 Å². The molecule has 0 saturated heterocycles. The summed E-state index contributed by atoms with van der Waals surface area (Å²) in [6.45, 7) is 3.50. The molecule has 0 radical (unpaired) electrons. The topological polar surface area (TPSA) is 52.9 Å². The molecule has 0 fully saturated rings. The fourth-order valence-electron chi connectivity index (χ4n) is 1.00. The Morgan fingerprint density at radius 1 is 1.64 bits per heavy atom. The summed E-state index contributed by atoms with van der Waals surface area (Å²) < 4.78 is 0. The van der Waals surface area contributed by atoms with Crippen molar-refractivity contribution in [3.05, 3.63) is 22.4 Å². The maximum Gasteiger partial charge on any atom is 0.237 e. The summed E-state index contributed by atoms with van der Waals surface area (Å²) in [4.78, 5) is 11.3. The number of carbonyl (C=O) groups is 1. The second-order valence-electron chi connectivity index (χ2n) is 3.14. The molecule has 74 valence electrons. The molecule has 1 heterocycles. The van der Waals surface area contributed by atoms with Gasteiger partial charge in [0.2, 0.25) is 5.91 Å². The lowest BCUT2D eigenvalue weighted by Crippen LogP contribution is -2.30. The smallest absolute Gasteiger partial charge is 0.237 e. The Balaban J connectivity index is 2.54. The van der Waals surface area contributed by atoms with Gasteiger partial charge in [0.05, 0.1) is 12.1 Å². The lowest BCUT2D eigenvalue weighted by molar-refractivity contribution is -0.123. The van der Waals surface area contributed by atoms with E-state index in [1.54, 1.807) is 18.3 Å². The summed E-state index contributed by atoms with van der Waals surface area (Å²) >= 11 is 1.59. The van der Waals surface area contributed by atoms with Crippen LogP contribution in [0, 0.1) is 17.2 Å². The Morgan fingerprint density at radius 2 is 2.36 bits per heavy atom. The second kappa shape index (κ2) is 4.77. The highest BCUT2D eigenvalue weighted by Crippen LogP contribution is 2.15. The van der Waals surface area contributed by atoms with Crippen LogP contribution in [0.5, 0.6) is 0 Å². The van der Waals surface area contributed by atoms with E-state index in [1.807, 2.05) is 29.8 Å². The summed E-state index contributed by atoms with van der Waals surface area (Å²) in [5.41, 5.74) is 1.08. The van der Waals surface area contributed by atoms with Crippen LogP contribution in [0.15, 0.2) is 16.8 Å². The zero-order chi connectivity index (χ0) is 10.6. The van der Waals surface area contributed by atoms with Crippen LogP contribution in [0.2, 0.25) is 0 Å². The van der Waals surface area contributed by atoms with E-state index in [9.17, 15) is 4.79 Å². The number of rotatable bonds is 3. The Kier molecular flexibility index (Phi) is 3.66. The van der Waals surface area contributed by atoms with Crippen molar-refractivity contribution in [3.63, 3.8) is 0 Å². The van der Waals surface area contributed by atoms with E-state index in [0.717, 1.165) is 5.56 Å². The van der Waals surface area contributed by atoms with Crippen LogP contribution in [0.25, 0.3) is 0 Å². The van der Waals surface area contributed by atoms with Gasteiger partial charge in [-0.15, -0.1) is 0 Å². The number of hydrogen-bond acceptors (Lipinski definition) is 3. The van der Waals surface area contributed by atoms with Gasteiger partial charge in [-0.05, 0) is 36.2 Å². The molecular weight excluding hydrogens is 196 g/mol. The fraction of sp³-hybridized carbons (Fsp3) is 0.400. The third-order valence-electron chi connectivity index (χ3n) is 1.99. The van der Waals surface area contributed by atoms with Crippen LogP contribution in [0.4, 0.5) is 0 Å². The predicted molar refractivity (Wildman–Crippen MR) is 55.7 cm³/mol. The molecule has 1 N–H and O–H groups in total. The van der Waals surface area contributed by atoms with Gasteiger partial charge in [0, 0.05) is 0 Å². The molecule has 0 aromatic carbocycles. The Labute approximate surface area is 87.4 Å². The van der Waals surface area contributed by atoms with Gasteiger partial charge in [-0.25, -0.2) is 0 Å². The van der Waals surface area contributed by atoms with Gasteiger partial charge in [-0.1, -0.05) is 0 Å². The van der Waals surface area contributed by atoms with Crippen molar-refractivity contribution in [2.45, 2.75) is 19.9 Å². The molecule has 3 nitrogen and oxygen atoms in total. The monoisotopic (exact) mass is 208 g/mol. The van der Waals surface area contributed by atoms with Gasteiger partial charge in [0.25, 0.3) is 0 Å². The number of hydrogen-bond donors (Lipinski definition) is 1. The summed E-state index contributed by atoms with van der Waals surface area (Å²) in [7, 11) is 0. The van der Waals surface area contributed by atoms with Crippen LogP contribution in [-0.2, 0) is 4.79 Å². The van der Waals surface area contributed by atoms with E-state index in [0.29, 0.717) is 0 Å². The first kappa shape index (κ1) is 10.7. The number of carbonyl (C=O) groups excluding carboxylic acids is 1. The highest BCUT2D eigenvalue weighted by atomic mass is 32.1. The van der Waals surface area contributed by atoms with Gasteiger partial charge < -0.3 is 5.32 Å². The van der Waals surface area contributed by atoms with Crippen molar-refractivity contribution in [2.24, 2.45) is 5.92 Å². The van der Waals surface area contributed by atoms with E-state index in [4.69, 9.17) is 5.26 Å². The minimum Gasteiger partial charge on any atom is -0.348 e. The number of thiophene rings is 1. The molecule has 1 amide bonds. The molecule has 0 aliphatic heterocycles. The SMILES string of the molecule is CC(C#N)C(=O)NC(C)c1ccsc1. The number of nitriles is 1. The van der Waals surface area contributed by atoms with E-state index >= 15 is 0 Å². The molecule has 0 aliphatic rings. The van der Waals surface area contributed by atoms with E-state index in [2.05, 4.69) is 5.32 Å². The molecule has 0 aliphatic carbocycles. The molecule has 0 bridgehead atoms. The highest BCUT2D eigenvalue weighted by molar-refractivity contribution is 7.07. The summed E-state index contributed by atoms with van der Waals surface area (Å²) in [5, 5.41) is 15.3. The first-order chi connectivity index (χ1) is 6.65. The lowest BCUT2D eigenvalue weighted by atomic mass is 10.1. The van der Waals surface area contributed by atoms with Crippen molar-refractivity contribution in [3.8, 4) is 6.07 Å². The first-order valence-electron chi connectivity index (χ1n) is 4.37.